The minimum atomic E-state index is -0.0622. The number of ether oxygens (including phenoxy) is 1. The van der Waals surface area contributed by atoms with Gasteiger partial charge in [-0.25, -0.2) is 0 Å². The average molecular weight is 390 g/mol. The normalized spacial score (nSPS) is 16.9. The Bertz CT molecular complexity index is 415. The van der Waals surface area contributed by atoms with E-state index in [1.807, 2.05) is 18.2 Å². The molecule has 0 aromatic carbocycles. The van der Waals surface area contributed by atoms with E-state index in [2.05, 4.69) is 15.3 Å². The molecule has 0 atom stereocenters. The molecule has 2 rings (SSSR count). The van der Waals surface area contributed by atoms with E-state index in [9.17, 15) is 0 Å². The number of hydrogen-bond acceptors (Lipinski definition) is 3. The van der Waals surface area contributed by atoms with Crippen molar-refractivity contribution in [3.05, 3.63) is 30.1 Å². The zero-order valence-corrected chi connectivity index (χ0v) is 14.2. The first-order chi connectivity index (χ1) is 9.24. The van der Waals surface area contributed by atoms with Crippen LogP contribution in [0.4, 0.5) is 0 Å². The molecule has 1 heterocycles. The minimum absolute atomic E-state index is 0. The molecule has 6 heteroatoms. The molecule has 1 aliphatic rings. The summed E-state index contributed by atoms with van der Waals surface area (Å²) in [6.45, 7) is 1.39. The Morgan fingerprint density at radius 3 is 2.85 bits per heavy atom. The quantitative estimate of drug-likeness (QED) is 0.441. The van der Waals surface area contributed by atoms with Crippen LogP contribution in [0.1, 0.15) is 25.0 Å². The number of aromatic nitrogens is 1. The van der Waals surface area contributed by atoms with Crippen molar-refractivity contribution in [3.8, 4) is 0 Å². The third-order valence-electron chi connectivity index (χ3n) is 3.65. The van der Waals surface area contributed by atoms with Crippen molar-refractivity contribution in [2.75, 3.05) is 20.2 Å². The first kappa shape index (κ1) is 17.2. The average Bonchev–Trinajstić information content (AvgIpc) is 2.39. The van der Waals surface area contributed by atoms with E-state index in [-0.39, 0.29) is 29.6 Å². The molecule has 1 fully saturated rings. The lowest BCUT2D eigenvalue weighted by molar-refractivity contribution is -0.0630. The van der Waals surface area contributed by atoms with Crippen molar-refractivity contribution < 1.29 is 4.74 Å². The second-order valence-electron chi connectivity index (χ2n) is 4.94. The summed E-state index contributed by atoms with van der Waals surface area (Å²) in [7, 11) is 1.75. The van der Waals surface area contributed by atoms with E-state index < -0.39 is 0 Å². The van der Waals surface area contributed by atoms with Crippen LogP contribution in [0.25, 0.3) is 0 Å². The van der Waals surface area contributed by atoms with Crippen molar-refractivity contribution in [1.29, 1.82) is 0 Å². The van der Waals surface area contributed by atoms with Crippen LogP contribution < -0.4 is 11.1 Å². The Morgan fingerprint density at radius 2 is 2.30 bits per heavy atom. The Hall–Kier alpha value is -0.890. The van der Waals surface area contributed by atoms with E-state index in [0.29, 0.717) is 12.5 Å². The fourth-order valence-electron chi connectivity index (χ4n) is 2.15. The third-order valence-corrected chi connectivity index (χ3v) is 3.65. The molecule has 1 aromatic heterocycles. The summed E-state index contributed by atoms with van der Waals surface area (Å²) in [6.07, 6.45) is 6.01. The van der Waals surface area contributed by atoms with Gasteiger partial charge in [0.2, 0.25) is 0 Å². The maximum atomic E-state index is 5.84. The highest BCUT2D eigenvalue weighted by Crippen LogP contribution is 2.35. The Balaban J connectivity index is 0.00000200. The van der Waals surface area contributed by atoms with Crippen LogP contribution in [0.2, 0.25) is 0 Å². The number of halogens is 1. The number of nitrogens with one attached hydrogen (secondary N) is 1. The molecule has 0 bridgehead atoms. The molecule has 5 nitrogen and oxygen atoms in total. The molecule has 0 unspecified atom stereocenters. The third kappa shape index (κ3) is 4.90. The van der Waals surface area contributed by atoms with Crippen LogP contribution in [-0.2, 0) is 11.2 Å². The summed E-state index contributed by atoms with van der Waals surface area (Å²) in [4.78, 5) is 8.61. The summed E-state index contributed by atoms with van der Waals surface area (Å²) >= 11 is 0. The van der Waals surface area contributed by atoms with Gasteiger partial charge in [0, 0.05) is 32.0 Å². The Labute approximate surface area is 137 Å². The number of hydrogen-bond donors (Lipinski definition) is 2. The highest BCUT2D eigenvalue weighted by Gasteiger charge is 2.36. The molecular weight excluding hydrogens is 367 g/mol. The maximum absolute atomic E-state index is 5.84. The van der Waals surface area contributed by atoms with Crippen LogP contribution in [0.3, 0.4) is 0 Å². The molecular formula is C14H23IN4O. The number of pyridine rings is 1. The van der Waals surface area contributed by atoms with Crippen LogP contribution >= 0.6 is 24.0 Å². The van der Waals surface area contributed by atoms with Gasteiger partial charge >= 0.3 is 0 Å². The van der Waals surface area contributed by atoms with E-state index >= 15 is 0 Å². The number of guanidine groups is 1. The van der Waals surface area contributed by atoms with Gasteiger partial charge in [0.25, 0.3) is 0 Å². The number of nitrogens with two attached hydrogens (primary N) is 1. The summed E-state index contributed by atoms with van der Waals surface area (Å²) in [5, 5.41) is 3.11. The number of aliphatic imine (C=N–C) groups is 1. The lowest BCUT2D eigenvalue weighted by atomic mass is 9.80. The van der Waals surface area contributed by atoms with Gasteiger partial charge in [0.05, 0.1) is 12.1 Å². The van der Waals surface area contributed by atoms with Gasteiger partial charge in [-0.15, -0.1) is 24.0 Å². The molecule has 1 aliphatic carbocycles. The molecule has 0 saturated heterocycles. The van der Waals surface area contributed by atoms with E-state index in [1.54, 1.807) is 13.3 Å². The van der Waals surface area contributed by atoms with Gasteiger partial charge < -0.3 is 15.8 Å². The number of nitrogens with zero attached hydrogens (tertiary/aromatic N) is 2. The van der Waals surface area contributed by atoms with Crippen LogP contribution in [0.15, 0.2) is 29.4 Å². The summed E-state index contributed by atoms with van der Waals surface area (Å²) in [6, 6.07) is 5.90. The molecule has 1 aromatic rings. The fraction of sp³-hybridized carbons (Fsp3) is 0.571. The molecule has 0 radical (unpaired) electrons. The Kier molecular flexibility index (Phi) is 7.22. The highest BCUT2D eigenvalue weighted by molar-refractivity contribution is 14.0. The SMILES string of the molecule is COC1(CN=C(N)NCCc2ccccn2)CCC1.I. The number of rotatable bonds is 6. The molecule has 3 N–H and O–H groups in total. The molecule has 0 amide bonds. The van der Waals surface area contributed by atoms with Crippen LogP contribution in [-0.4, -0.2) is 36.7 Å². The van der Waals surface area contributed by atoms with Crippen molar-refractivity contribution in [3.63, 3.8) is 0 Å². The van der Waals surface area contributed by atoms with Gasteiger partial charge in [0.1, 0.15) is 0 Å². The van der Waals surface area contributed by atoms with Crippen molar-refractivity contribution >= 4 is 29.9 Å². The monoisotopic (exact) mass is 390 g/mol. The van der Waals surface area contributed by atoms with Crippen molar-refractivity contribution in [2.45, 2.75) is 31.3 Å². The smallest absolute Gasteiger partial charge is 0.188 e. The minimum Gasteiger partial charge on any atom is -0.376 e. The largest absolute Gasteiger partial charge is 0.376 e. The molecule has 112 valence electrons. The van der Waals surface area contributed by atoms with E-state index in [0.717, 1.165) is 31.5 Å². The molecule has 20 heavy (non-hydrogen) atoms. The molecule has 0 spiro atoms. The zero-order chi connectivity index (χ0) is 13.6. The molecule has 1 saturated carbocycles. The standard InChI is InChI=1S/C14H22N4O.HI/c1-19-14(7-4-8-14)11-18-13(15)17-10-6-12-5-2-3-9-16-12;/h2-3,5,9H,4,6-8,10-11H2,1H3,(H3,15,17,18);1H. The molecule has 0 aliphatic heterocycles. The number of methoxy groups -OCH3 is 1. The first-order valence-electron chi connectivity index (χ1n) is 6.73. The maximum Gasteiger partial charge on any atom is 0.188 e. The first-order valence-corrected chi connectivity index (χ1v) is 6.73. The zero-order valence-electron chi connectivity index (χ0n) is 11.8. The second-order valence-corrected chi connectivity index (χ2v) is 4.94. The predicted octanol–water partition coefficient (Wildman–Crippen LogP) is 1.72. The Morgan fingerprint density at radius 1 is 1.50 bits per heavy atom. The van der Waals surface area contributed by atoms with Crippen LogP contribution in [0, 0.1) is 0 Å². The second kappa shape index (κ2) is 8.41. The van der Waals surface area contributed by atoms with Gasteiger partial charge in [-0.2, -0.15) is 0 Å². The predicted molar refractivity (Wildman–Crippen MR) is 91.4 cm³/mol. The van der Waals surface area contributed by atoms with Crippen LogP contribution in [0.5, 0.6) is 0 Å². The van der Waals surface area contributed by atoms with Crippen molar-refractivity contribution in [2.24, 2.45) is 10.7 Å². The highest BCUT2D eigenvalue weighted by atomic mass is 127. The van der Waals surface area contributed by atoms with E-state index in [1.165, 1.54) is 6.42 Å². The van der Waals surface area contributed by atoms with E-state index in [4.69, 9.17) is 10.5 Å². The fourth-order valence-corrected chi connectivity index (χ4v) is 2.15. The van der Waals surface area contributed by atoms with Gasteiger partial charge in [-0.1, -0.05) is 6.07 Å². The summed E-state index contributed by atoms with van der Waals surface area (Å²) in [5.41, 5.74) is 6.83. The van der Waals surface area contributed by atoms with Gasteiger partial charge in [0.15, 0.2) is 5.96 Å². The topological polar surface area (TPSA) is 72.5 Å². The summed E-state index contributed by atoms with van der Waals surface area (Å²) in [5.74, 6) is 0.485. The van der Waals surface area contributed by atoms with Gasteiger partial charge in [-0.05, 0) is 31.4 Å². The lowest BCUT2D eigenvalue weighted by Gasteiger charge is -2.39. The summed E-state index contributed by atoms with van der Waals surface area (Å²) < 4.78 is 5.50. The van der Waals surface area contributed by atoms with Gasteiger partial charge in [-0.3, -0.25) is 9.98 Å². The lowest BCUT2D eigenvalue weighted by Crippen LogP contribution is -2.43. The van der Waals surface area contributed by atoms with Crippen molar-refractivity contribution in [1.82, 2.24) is 10.3 Å².